The Bertz CT molecular complexity index is 1260. The lowest BCUT2D eigenvalue weighted by Gasteiger charge is -2.31. The maximum absolute atomic E-state index is 13.8. The molecule has 4 aromatic rings. The lowest BCUT2D eigenvalue weighted by molar-refractivity contribution is -0.129. The molecule has 0 radical (unpaired) electrons. The van der Waals surface area contributed by atoms with Crippen LogP contribution in [0.3, 0.4) is 0 Å². The minimum absolute atomic E-state index is 0.0335. The zero-order valence-electron chi connectivity index (χ0n) is 18.5. The molecular weight excluding hydrogens is 475 g/mol. The van der Waals surface area contributed by atoms with Crippen LogP contribution in [0.1, 0.15) is 42.7 Å². The van der Waals surface area contributed by atoms with E-state index in [0.29, 0.717) is 6.54 Å². The van der Waals surface area contributed by atoms with Crippen LogP contribution in [0.4, 0.5) is 4.39 Å². The summed E-state index contributed by atoms with van der Waals surface area (Å²) in [5.74, 6) is 0.381. The quantitative estimate of drug-likeness (QED) is 0.313. The molecule has 2 unspecified atom stereocenters. The van der Waals surface area contributed by atoms with Crippen molar-refractivity contribution in [3.8, 4) is 5.75 Å². The number of para-hydroxylation sites is 2. The van der Waals surface area contributed by atoms with Gasteiger partial charge in [-0.25, -0.2) is 9.37 Å². The molecule has 10 heteroatoms. The Kier molecular flexibility index (Phi) is 6.77. The van der Waals surface area contributed by atoms with E-state index >= 15 is 0 Å². The molecule has 0 saturated carbocycles. The summed E-state index contributed by atoms with van der Waals surface area (Å²) in [6.45, 7) is 3.11. The molecule has 3 heterocycles. The highest BCUT2D eigenvalue weighted by molar-refractivity contribution is 7.99. The van der Waals surface area contributed by atoms with E-state index in [2.05, 4.69) is 16.3 Å². The van der Waals surface area contributed by atoms with E-state index in [-0.39, 0.29) is 34.4 Å². The van der Waals surface area contributed by atoms with Crippen LogP contribution in [0.2, 0.25) is 0 Å². The fourth-order valence-electron chi connectivity index (χ4n) is 3.91. The SMILES string of the molecule is CC(Oc1ccccc1F)c1nnc(SCC(=O)N2CCCC(c3nc4ccccc4s3)C2)o1. The number of nitrogens with zero attached hydrogens (tertiary/aromatic N) is 4. The van der Waals surface area contributed by atoms with Crippen LogP contribution in [0.5, 0.6) is 5.75 Å². The van der Waals surface area contributed by atoms with Crippen molar-refractivity contribution in [2.24, 2.45) is 0 Å². The maximum Gasteiger partial charge on any atom is 0.277 e. The first-order valence-electron chi connectivity index (χ1n) is 11.1. The van der Waals surface area contributed by atoms with E-state index in [1.54, 1.807) is 30.4 Å². The number of likely N-dealkylation sites (tertiary alicyclic amines) is 1. The number of aromatic nitrogens is 3. The van der Waals surface area contributed by atoms with Crippen molar-refractivity contribution in [2.45, 2.75) is 37.0 Å². The first-order valence-corrected chi connectivity index (χ1v) is 12.9. The van der Waals surface area contributed by atoms with Gasteiger partial charge in [-0.3, -0.25) is 4.79 Å². The zero-order valence-corrected chi connectivity index (χ0v) is 20.2. The van der Waals surface area contributed by atoms with E-state index < -0.39 is 11.9 Å². The molecule has 0 N–H and O–H groups in total. The van der Waals surface area contributed by atoms with Gasteiger partial charge in [0.15, 0.2) is 17.7 Å². The summed E-state index contributed by atoms with van der Waals surface area (Å²) in [4.78, 5) is 19.6. The Morgan fingerprint density at radius 1 is 1.26 bits per heavy atom. The second kappa shape index (κ2) is 10.1. The number of thiazole rings is 1. The molecule has 176 valence electrons. The molecule has 0 bridgehead atoms. The van der Waals surface area contributed by atoms with Crippen molar-refractivity contribution >= 4 is 39.2 Å². The second-order valence-electron chi connectivity index (χ2n) is 8.08. The third-order valence-corrected chi connectivity index (χ3v) is 7.67. The predicted octanol–water partition coefficient (Wildman–Crippen LogP) is 5.46. The minimum atomic E-state index is -0.619. The fourth-order valence-corrected chi connectivity index (χ4v) is 5.67. The molecule has 2 aromatic carbocycles. The zero-order chi connectivity index (χ0) is 23.5. The Morgan fingerprint density at radius 3 is 2.94 bits per heavy atom. The summed E-state index contributed by atoms with van der Waals surface area (Å²) in [5, 5.41) is 9.37. The van der Waals surface area contributed by atoms with Crippen LogP contribution in [-0.2, 0) is 4.79 Å². The maximum atomic E-state index is 13.8. The van der Waals surface area contributed by atoms with Crippen LogP contribution in [0.25, 0.3) is 10.2 Å². The summed E-state index contributed by atoms with van der Waals surface area (Å²) in [7, 11) is 0. The number of carbonyl (C=O) groups excluding carboxylic acids is 1. The smallest absolute Gasteiger partial charge is 0.277 e. The van der Waals surface area contributed by atoms with Crippen molar-refractivity contribution < 1.29 is 18.3 Å². The van der Waals surface area contributed by atoms with E-state index in [1.165, 1.54) is 28.6 Å². The van der Waals surface area contributed by atoms with Gasteiger partial charge in [-0.15, -0.1) is 21.5 Å². The van der Waals surface area contributed by atoms with E-state index in [9.17, 15) is 9.18 Å². The van der Waals surface area contributed by atoms with Gasteiger partial charge in [-0.2, -0.15) is 0 Å². The summed E-state index contributed by atoms with van der Waals surface area (Å²) in [6.07, 6.45) is 1.36. The van der Waals surface area contributed by atoms with Gasteiger partial charge in [0.1, 0.15) is 0 Å². The van der Waals surface area contributed by atoms with Gasteiger partial charge >= 0.3 is 0 Å². The molecule has 7 nitrogen and oxygen atoms in total. The Balaban J connectivity index is 1.16. The molecular formula is C24H23FN4O3S2. The largest absolute Gasteiger partial charge is 0.478 e. The number of benzene rings is 2. The van der Waals surface area contributed by atoms with Gasteiger partial charge < -0.3 is 14.1 Å². The van der Waals surface area contributed by atoms with Gasteiger partial charge in [0.2, 0.25) is 5.91 Å². The molecule has 1 aliphatic heterocycles. The number of carbonyl (C=O) groups is 1. The number of hydrogen-bond acceptors (Lipinski definition) is 8. The van der Waals surface area contributed by atoms with E-state index in [1.807, 2.05) is 23.1 Å². The predicted molar refractivity (Wildman–Crippen MR) is 129 cm³/mol. The lowest BCUT2D eigenvalue weighted by Crippen LogP contribution is -2.40. The standard InChI is InChI=1S/C24H23FN4O3S2/c1-15(31-19-10-4-2-8-17(19)25)22-27-28-24(32-22)33-14-21(30)29-12-6-7-16(13-29)23-26-18-9-3-5-11-20(18)34-23/h2-5,8-11,15-16H,6-7,12-14H2,1H3. The number of piperidine rings is 1. The highest BCUT2D eigenvalue weighted by Gasteiger charge is 2.27. The van der Waals surface area contributed by atoms with E-state index in [4.69, 9.17) is 14.1 Å². The molecule has 0 spiro atoms. The van der Waals surface area contributed by atoms with Crippen molar-refractivity contribution in [3.63, 3.8) is 0 Å². The second-order valence-corrected chi connectivity index (χ2v) is 10.1. The molecule has 0 aliphatic carbocycles. The highest BCUT2D eigenvalue weighted by atomic mass is 32.2. The third-order valence-electron chi connectivity index (χ3n) is 5.66. The van der Waals surface area contributed by atoms with Crippen molar-refractivity contribution in [1.82, 2.24) is 20.1 Å². The molecule has 1 amide bonds. The van der Waals surface area contributed by atoms with Crippen molar-refractivity contribution in [3.05, 3.63) is 65.2 Å². The number of thioether (sulfide) groups is 1. The third kappa shape index (κ3) is 5.07. The number of fused-ring (bicyclic) bond motifs is 1. The molecule has 2 aromatic heterocycles. The van der Waals surface area contributed by atoms with Crippen molar-refractivity contribution in [2.75, 3.05) is 18.8 Å². The number of rotatable bonds is 7. The van der Waals surface area contributed by atoms with Gasteiger partial charge in [0.25, 0.3) is 11.1 Å². The average molecular weight is 499 g/mol. The van der Waals surface area contributed by atoms with Crippen LogP contribution < -0.4 is 4.74 Å². The summed E-state index contributed by atoms with van der Waals surface area (Å²) >= 11 is 2.91. The van der Waals surface area contributed by atoms with Crippen LogP contribution in [0, 0.1) is 5.82 Å². The molecule has 34 heavy (non-hydrogen) atoms. The lowest BCUT2D eigenvalue weighted by atomic mass is 9.99. The number of ether oxygens (including phenoxy) is 1. The van der Waals surface area contributed by atoms with E-state index in [0.717, 1.165) is 29.9 Å². The highest BCUT2D eigenvalue weighted by Crippen LogP contribution is 2.33. The summed E-state index contributed by atoms with van der Waals surface area (Å²) < 4.78 is 26.2. The van der Waals surface area contributed by atoms with Gasteiger partial charge in [0, 0.05) is 19.0 Å². The number of halogens is 1. The Morgan fingerprint density at radius 2 is 2.09 bits per heavy atom. The molecule has 1 aliphatic rings. The topological polar surface area (TPSA) is 81.4 Å². The number of amides is 1. The van der Waals surface area contributed by atoms with Crippen LogP contribution >= 0.6 is 23.1 Å². The molecule has 1 saturated heterocycles. The van der Waals surface area contributed by atoms with Gasteiger partial charge in [0.05, 0.1) is 21.0 Å². The monoisotopic (exact) mass is 498 g/mol. The average Bonchev–Trinajstić information content (AvgIpc) is 3.51. The number of hydrogen-bond donors (Lipinski definition) is 0. The normalized spacial score (nSPS) is 17.1. The fraction of sp³-hybridized carbons (Fsp3) is 0.333. The molecule has 1 fully saturated rings. The summed E-state index contributed by atoms with van der Waals surface area (Å²) in [6, 6.07) is 14.3. The first kappa shape index (κ1) is 22.8. The summed E-state index contributed by atoms with van der Waals surface area (Å²) in [5.41, 5.74) is 1.02. The minimum Gasteiger partial charge on any atom is -0.478 e. The van der Waals surface area contributed by atoms with Crippen LogP contribution in [-0.4, -0.2) is 44.8 Å². The molecule has 5 rings (SSSR count). The van der Waals surface area contributed by atoms with Crippen LogP contribution in [0.15, 0.2) is 58.2 Å². The Hall–Kier alpha value is -2.98. The van der Waals surface area contributed by atoms with Gasteiger partial charge in [-0.05, 0) is 44.0 Å². The van der Waals surface area contributed by atoms with Gasteiger partial charge in [-0.1, -0.05) is 36.0 Å². The Labute approximate surface area is 204 Å². The van der Waals surface area contributed by atoms with Crippen molar-refractivity contribution in [1.29, 1.82) is 0 Å². The molecule has 2 atom stereocenters. The first-order chi connectivity index (χ1) is 16.6.